The fraction of sp³-hybridized carbons (Fsp3) is 0. The molecule has 0 bridgehead atoms. The van der Waals surface area contributed by atoms with Crippen LogP contribution in [-0.2, 0) is 54.1 Å². The van der Waals surface area contributed by atoms with Crippen LogP contribution in [0.3, 0.4) is 0 Å². The summed E-state index contributed by atoms with van der Waals surface area (Å²) in [6.45, 7) is 0. The molecule has 0 N–H and O–H groups in total. The van der Waals surface area contributed by atoms with Crippen molar-refractivity contribution < 1.29 is 71.5 Å². The van der Waals surface area contributed by atoms with E-state index in [9.17, 15) is 0 Å². The van der Waals surface area contributed by atoms with Gasteiger partial charge in [-0.1, -0.05) is 0 Å². The van der Waals surface area contributed by atoms with Crippen molar-refractivity contribution in [3.63, 3.8) is 0 Å². The van der Waals surface area contributed by atoms with Gasteiger partial charge in [-0.05, 0) is 0 Å². The molecule has 13 heavy (non-hydrogen) atoms. The topological polar surface area (TPSA) is 161 Å². The van der Waals surface area contributed by atoms with Crippen LogP contribution in [0.2, 0.25) is 0 Å². The van der Waals surface area contributed by atoms with Crippen molar-refractivity contribution >= 4 is 22.3 Å². The molecule has 0 aromatic rings. The second-order valence-corrected chi connectivity index (χ2v) is 1.80. The van der Waals surface area contributed by atoms with Crippen LogP contribution in [0.5, 0.6) is 0 Å². The van der Waals surface area contributed by atoms with Crippen LogP contribution >= 0.6 is 0 Å². The predicted molar refractivity (Wildman–Crippen MR) is 20.5 cm³/mol. The number of carbonyl (C=O) groups is 2. The number of carboxylic acids is 2. The second kappa shape index (κ2) is 9.93. The molecule has 78 valence electrons. The molecule has 0 aliphatic rings. The maximum atomic E-state index is 8.93. The minimum Gasteiger partial charge on any atom is -0.759 e. The number of carbonyl (C=O) groups excluding carboxylic acids is 2. The summed E-state index contributed by atoms with van der Waals surface area (Å²) < 4.78 is 34.1. The van der Waals surface area contributed by atoms with E-state index in [1.54, 1.807) is 0 Å². The van der Waals surface area contributed by atoms with Gasteiger partial charge < -0.3 is 28.9 Å². The molecule has 11 heteroatoms. The zero-order valence-corrected chi connectivity index (χ0v) is 8.41. The van der Waals surface area contributed by atoms with Crippen molar-refractivity contribution in [1.82, 2.24) is 0 Å². The summed E-state index contributed by atoms with van der Waals surface area (Å²) in [5.41, 5.74) is 0. The molecule has 0 aromatic heterocycles. The van der Waals surface area contributed by atoms with Gasteiger partial charge in [0, 0.05) is 10.4 Å². The molecule has 0 radical (unpaired) electrons. The first-order valence-corrected chi connectivity index (χ1v) is 3.07. The van der Waals surface area contributed by atoms with Crippen molar-refractivity contribution in [2.75, 3.05) is 0 Å². The van der Waals surface area contributed by atoms with Gasteiger partial charge in [-0.15, -0.1) is 0 Å². The molecule has 0 amide bonds. The van der Waals surface area contributed by atoms with Gasteiger partial charge >= 0.3 is 34.1 Å². The largest absolute Gasteiger partial charge is 2.00 e. The Bertz CT molecular complexity index is 223. The van der Waals surface area contributed by atoms with Gasteiger partial charge in [-0.25, -0.2) is 0 Å². The molecule has 0 saturated heterocycles. The summed E-state index contributed by atoms with van der Waals surface area (Å²) in [5.74, 6) is -4.37. The van der Waals surface area contributed by atoms with Crippen molar-refractivity contribution in [3.05, 3.63) is 0 Å². The first kappa shape index (κ1) is 23.0. The zero-order valence-electron chi connectivity index (χ0n) is 5.38. The van der Waals surface area contributed by atoms with Gasteiger partial charge in [-0.3, -0.25) is 8.42 Å². The Morgan fingerprint density at radius 1 is 0.846 bits per heavy atom. The first-order chi connectivity index (χ1) is 4.64. The number of rotatable bonds is 0. The van der Waals surface area contributed by atoms with Crippen molar-refractivity contribution in [2.45, 2.75) is 0 Å². The smallest absolute Gasteiger partial charge is 0.759 e. The number of carboxylic acid groups (broad SMARTS) is 2. The van der Waals surface area contributed by atoms with Crippen molar-refractivity contribution in [2.24, 2.45) is 0 Å². The monoisotopic (exact) mass is 296 g/mol. The molecule has 8 nitrogen and oxygen atoms in total. The Labute approximate surface area is 93.8 Å². The average molecular weight is 296 g/mol. The molecule has 0 fully saturated rings. The zero-order chi connectivity index (χ0) is 9.65. The van der Waals surface area contributed by atoms with Crippen LogP contribution in [0.15, 0.2) is 0 Å². The molecule has 0 heterocycles. The average Bonchev–Trinajstić information content (AvgIpc) is 1.59. The summed E-state index contributed by atoms with van der Waals surface area (Å²) in [7, 11) is -5.17. The second-order valence-electron chi connectivity index (χ2n) is 0.983. The summed E-state index contributed by atoms with van der Waals surface area (Å²) >= 11 is 0. The molecular weight excluding hydrogens is 296 g/mol. The molecular formula is C2Fe2O8S. The fourth-order valence-electron chi connectivity index (χ4n) is 0. The summed E-state index contributed by atoms with van der Waals surface area (Å²) in [6.07, 6.45) is 0. The van der Waals surface area contributed by atoms with Gasteiger partial charge in [0.15, 0.2) is 0 Å². The summed E-state index contributed by atoms with van der Waals surface area (Å²) in [5, 5.41) is 17.9. The minimum atomic E-state index is -5.17. The van der Waals surface area contributed by atoms with Crippen LogP contribution < -0.4 is 10.2 Å². The van der Waals surface area contributed by atoms with Gasteiger partial charge in [0.25, 0.3) is 0 Å². The van der Waals surface area contributed by atoms with E-state index in [-0.39, 0.29) is 34.1 Å². The van der Waals surface area contributed by atoms with Crippen molar-refractivity contribution in [3.8, 4) is 0 Å². The fourth-order valence-corrected chi connectivity index (χ4v) is 0. The Kier molecular flexibility index (Phi) is 17.6. The Morgan fingerprint density at radius 2 is 0.923 bits per heavy atom. The van der Waals surface area contributed by atoms with Gasteiger partial charge in [-0.2, -0.15) is 0 Å². The summed E-state index contributed by atoms with van der Waals surface area (Å²) in [6, 6.07) is 0. The number of aliphatic carboxylic acids is 2. The van der Waals surface area contributed by atoms with E-state index in [1.807, 2.05) is 0 Å². The minimum absolute atomic E-state index is 0. The quantitative estimate of drug-likeness (QED) is 0.186. The van der Waals surface area contributed by atoms with Crippen LogP contribution in [0.1, 0.15) is 0 Å². The Balaban J connectivity index is -0.0000000546. The van der Waals surface area contributed by atoms with Crippen LogP contribution in [0, 0.1) is 0 Å². The van der Waals surface area contributed by atoms with E-state index in [2.05, 4.69) is 0 Å². The van der Waals surface area contributed by atoms with Gasteiger partial charge in [0.05, 0.1) is 11.9 Å². The predicted octanol–water partition coefficient (Wildman–Crippen LogP) is -4.86. The van der Waals surface area contributed by atoms with Gasteiger partial charge in [0.2, 0.25) is 0 Å². The van der Waals surface area contributed by atoms with E-state index in [1.165, 1.54) is 0 Å². The third-order valence-electron chi connectivity index (χ3n) is 0.167. The third kappa shape index (κ3) is 77.6. The number of hydrogen-bond donors (Lipinski definition) is 0. The van der Waals surface area contributed by atoms with E-state index >= 15 is 0 Å². The van der Waals surface area contributed by atoms with E-state index in [0.717, 1.165) is 0 Å². The Hall–Kier alpha value is -0.151. The maximum absolute atomic E-state index is 8.93. The molecule has 0 aliphatic carbocycles. The van der Waals surface area contributed by atoms with E-state index in [0.29, 0.717) is 0 Å². The van der Waals surface area contributed by atoms with Gasteiger partial charge in [0.1, 0.15) is 0 Å². The maximum Gasteiger partial charge on any atom is 2.00 e. The SMILES string of the molecule is O=C([O-])C(=O)[O-].O=S(=O)([O-])[O-].[Fe+2].[Fe+2]. The molecule has 0 saturated carbocycles. The van der Waals surface area contributed by atoms with Crippen LogP contribution in [-0.4, -0.2) is 29.5 Å². The molecule has 0 aliphatic heterocycles. The standard InChI is InChI=1S/C2H2O4.2Fe.H2O4S/c3-1(4)2(5)6;;;1-5(2,3)4/h(H,3,4)(H,5,6);;;(H2,1,2,3,4)/q;2*+2;/p-4. The van der Waals surface area contributed by atoms with E-state index < -0.39 is 22.3 Å². The molecule has 0 unspecified atom stereocenters. The van der Waals surface area contributed by atoms with E-state index in [4.69, 9.17) is 37.3 Å². The molecule has 0 spiro atoms. The molecule has 0 atom stereocenters. The number of hydrogen-bond acceptors (Lipinski definition) is 8. The molecule has 0 aromatic carbocycles. The normalized spacial score (nSPS) is 7.85. The van der Waals surface area contributed by atoms with Crippen LogP contribution in [0.25, 0.3) is 0 Å². The van der Waals surface area contributed by atoms with Crippen LogP contribution in [0.4, 0.5) is 0 Å². The summed E-state index contributed by atoms with van der Waals surface area (Å²) in [4.78, 5) is 17.9. The third-order valence-corrected chi connectivity index (χ3v) is 0.167. The Morgan fingerprint density at radius 3 is 0.923 bits per heavy atom. The van der Waals surface area contributed by atoms with Crippen molar-refractivity contribution in [1.29, 1.82) is 0 Å². The molecule has 0 rings (SSSR count). The first-order valence-electron chi connectivity index (χ1n) is 1.73.